The molecule has 0 atom stereocenters. The molecule has 0 aliphatic rings. The Labute approximate surface area is 123 Å². The third-order valence-electron chi connectivity index (χ3n) is 3.31. The van der Waals surface area contributed by atoms with Crippen LogP contribution in [-0.2, 0) is 0 Å². The summed E-state index contributed by atoms with van der Waals surface area (Å²) < 4.78 is 0. The van der Waals surface area contributed by atoms with Crippen LogP contribution in [0.25, 0.3) is 0 Å². The largest absolute Gasteiger partial charge is 0.324 e. The fourth-order valence-electron chi connectivity index (χ4n) is 2.14. The van der Waals surface area contributed by atoms with Crippen molar-refractivity contribution < 1.29 is 4.79 Å². The molecule has 2 rings (SSSR count). The molecule has 0 aliphatic heterocycles. The molecule has 0 heterocycles. The number of amides is 1. The maximum absolute atomic E-state index is 12.6. The smallest absolute Gasteiger partial charge is 0.258 e. The van der Waals surface area contributed by atoms with Gasteiger partial charge in [0, 0.05) is 18.3 Å². The number of nitrogens with two attached hydrogens (primary N) is 1. The van der Waals surface area contributed by atoms with E-state index in [1.54, 1.807) is 49.5 Å². The Morgan fingerprint density at radius 3 is 2.62 bits per heavy atom. The first-order valence-electron chi connectivity index (χ1n) is 6.43. The predicted octanol–water partition coefficient (Wildman–Crippen LogP) is 2.43. The van der Waals surface area contributed by atoms with E-state index in [4.69, 9.17) is 11.1 Å². The zero-order valence-electron chi connectivity index (χ0n) is 11.9. The number of hydrogen-bond acceptors (Lipinski definition) is 4. The molecule has 0 saturated heterocycles. The molecule has 1 amide bonds. The number of nitrogen functional groups attached to an aromatic ring is 1. The summed E-state index contributed by atoms with van der Waals surface area (Å²) in [7, 11) is 1.66. The molecule has 3 N–H and O–H groups in total. The van der Waals surface area contributed by atoms with E-state index in [1.807, 2.05) is 6.92 Å². The lowest BCUT2D eigenvalue weighted by Gasteiger charge is -2.20. The Balaban J connectivity index is 2.38. The number of para-hydroxylation sites is 1. The Kier molecular flexibility index (Phi) is 4.21. The number of carbonyl (C=O) groups excluding carboxylic acids is 1. The zero-order valence-corrected chi connectivity index (χ0v) is 11.9. The van der Waals surface area contributed by atoms with Gasteiger partial charge >= 0.3 is 0 Å². The van der Waals surface area contributed by atoms with Gasteiger partial charge < -0.3 is 10.3 Å². The molecule has 0 saturated carbocycles. The lowest BCUT2D eigenvalue weighted by molar-refractivity contribution is 0.0992. The monoisotopic (exact) mass is 280 g/mol. The van der Waals surface area contributed by atoms with Gasteiger partial charge in [-0.1, -0.05) is 12.1 Å². The molecule has 0 aliphatic carbocycles. The summed E-state index contributed by atoms with van der Waals surface area (Å²) in [5, 5.41) is 9.13. The molecule has 2 aromatic rings. The summed E-state index contributed by atoms with van der Waals surface area (Å²) in [5.41, 5.74) is 5.73. The molecule has 5 nitrogen and oxygen atoms in total. The quantitative estimate of drug-likeness (QED) is 0.668. The van der Waals surface area contributed by atoms with Crippen LogP contribution in [0.4, 0.5) is 11.4 Å². The molecule has 0 radical (unpaired) electrons. The molecule has 0 unspecified atom stereocenters. The number of hydrogen-bond donors (Lipinski definition) is 2. The highest BCUT2D eigenvalue weighted by Gasteiger charge is 2.18. The van der Waals surface area contributed by atoms with Crippen molar-refractivity contribution in [2.24, 2.45) is 5.84 Å². The lowest BCUT2D eigenvalue weighted by Crippen LogP contribution is -2.27. The third kappa shape index (κ3) is 2.86. The van der Waals surface area contributed by atoms with Crippen LogP contribution in [0.2, 0.25) is 0 Å². The van der Waals surface area contributed by atoms with Gasteiger partial charge in [0.1, 0.15) is 6.07 Å². The number of anilines is 2. The summed E-state index contributed by atoms with van der Waals surface area (Å²) in [4.78, 5) is 14.1. The Hall–Kier alpha value is -2.84. The van der Waals surface area contributed by atoms with Crippen molar-refractivity contribution in [2.45, 2.75) is 6.92 Å². The predicted molar refractivity (Wildman–Crippen MR) is 82.9 cm³/mol. The minimum Gasteiger partial charge on any atom is -0.324 e. The highest BCUT2D eigenvalue weighted by Crippen LogP contribution is 2.22. The van der Waals surface area contributed by atoms with Crippen molar-refractivity contribution in [1.82, 2.24) is 0 Å². The maximum atomic E-state index is 12.6. The second-order valence-electron chi connectivity index (χ2n) is 4.67. The van der Waals surface area contributed by atoms with Crippen LogP contribution in [0, 0.1) is 18.3 Å². The molecule has 5 heteroatoms. The number of benzene rings is 2. The third-order valence-corrected chi connectivity index (χ3v) is 3.31. The molecular formula is C16H16N4O. The second kappa shape index (κ2) is 6.07. The first kappa shape index (κ1) is 14.6. The Morgan fingerprint density at radius 1 is 1.29 bits per heavy atom. The first-order valence-corrected chi connectivity index (χ1v) is 6.43. The van der Waals surface area contributed by atoms with E-state index in [9.17, 15) is 4.79 Å². The van der Waals surface area contributed by atoms with Crippen molar-refractivity contribution in [3.8, 4) is 6.07 Å². The van der Waals surface area contributed by atoms with Crippen molar-refractivity contribution in [2.75, 3.05) is 17.4 Å². The van der Waals surface area contributed by atoms with Crippen LogP contribution >= 0.6 is 0 Å². The van der Waals surface area contributed by atoms with Gasteiger partial charge in [0.05, 0.1) is 11.3 Å². The fourth-order valence-corrected chi connectivity index (χ4v) is 2.14. The van der Waals surface area contributed by atoms with Crippen molar-refractivity contribution in [1.29, 1.82) is 5.26 Å². The maximum Gasteiger partial charge on any atom is 0.258 e. The van der Waals surface area contributed by atoms with E-state index in [0.29, 0.717) is 16.8 Å². The fraction of sp³-hybridized carbons (Fsp3) is 0.125. The number of rotatable bonds is 3. The van der Waals surface area contributed by atoms with Crippen LogP contribution < -0.4 is 16.2 Å². The summed E-state index contributed by atoms with van der Waals surface area (Å²) in [5.74, 6) is 5.18. The molecule has 0 aromatic heterocycles. The van der Waals surface area contributed by atoms with Crippen molar-refractivity contribution >= 4 is 17.3 Å². The van der Waals surface area contributed by atoms with E-state index in [2.05, 4.69) is 11.5 Å². The number of carbonyl (C=O) groups is 1. The molecular weight excluding hydrogens is 264 g/mol. The van der Waals surface area contributed by atoms with E-state index >= 15 is 0 Å². The summed E-state index contributed by atoms with van der Waals surface area (Å²) in [6.07, 6.45) is 0. The first-order chi connectivity index (χ1) is 10.1. The average Bonchev–Trinajstić information content (AvgIpc) is 2.53. The summed E-state index contributed by atoms with van der Waals surface area (Å²) in [6, 6.07) is 14.4. The number of aryl methyl sites for hydroxylation is 1. The van der Waals surface area contributed by atoms with E-state index < -0.39 is 0 Å². The normalized spacial score (nSPS) is 9.81. The van der Waals surface area contributed by atoms with Crippen molar-refractivity contribution in [3.05, 3.63) is 59.2 Å². The average molecular weight is 280 g/mol. The van der Waals surface area contributed by atoms with Crippen LogP contribution in [0.3, 0.4) is 0 Å². The van der Waals surface area contributed by atoms with E-state index in [-0.39, 0.29) is 5.91 Å². The van der Waals surface area contributed by atoms with Crippen molar-refractivity contribution in [3.63, 3.8) is 0 Å². The summed E-state index contributed by atoms with van der Waals surface area (Å²) in [6.45, 7) is 1.85. The van der Waals surface area contributed by atoms with Gasteiger partial charge in [0.25, 0.3) is 5.91 Å². The Bertz CT molecular complexity index is 718. The summed E-state index contributed by atoms with van der Waals surface area (Å²) >= 11 is 0. The molecule has 0 fully saturated rings. The second-order valence-corrected chi connectivity index (χ2v) is 4.67. The van der Waals surface area contributed by atoms with E-state index in [0.717, 1.165) is 11.3 Å². The molecule has 2 aromatic carbocycles. The topological polar surface area (TPSA) is 82.2 Å². The number of nitrogens with one attached hydrogen (secondary N) is 1. The molecule has 21 heavy (non-hydrogen) atoms. The van der Waals surface area contributed by atoms with Crippen LogP contribution in [0.1, 0.15) is 21.5 Å². The zero-order chi connectivity index (χ0) is 15.4. The van der Waals surface area contributed by atoms with Gasteiger partial charge in [-0.3, -0.25) is 10.6 Å². The SMILES string of the molecule is Cc1cc(NN)ccc1C(=O)N(C)c1ccccc1C#N. The Morgan fingerprint density at radius 2 is 2.00 bits per heavy atom. The number of nitrogens with zero attached hydrogens (tertiary/aromatic N) is 2. The standard InChI is InChI=1S/C16H16N4O/c1-11-9-13(19-18)7-8-14(11)16(21)20(2)15-6-4-3-5-12(15)10-17/h3-9,19H,18H2,1-2H3. The lowest BCUT2D eigenvalue weighted by atomic mass is 10.1. The van der Waals surface area contributed by atoms with Crippen LogP contribution in [0.5, 0.6) is 0 Å². The van der Waals surface area contributed by atoms with Gasteiger partial charge in [-0.15, -0.1) is 0 Å². The highest BCUT2D eigenvalue weighted by molar-refractivity contribution is 6.07. The van der Waals surface area contributed by atoms with E-state index in [1.165, 1.54) is 4.90 Å². The molecule has 106 valence electrons. The number of hydrazine groups is 1. The highest BCUT2D eigenvalue weighted by atomic mass is 16.2. The van der Waals surface area contributed by atoms with Crippen LogP contribution in [0.15, 0.2) is 42.5 Å². The van der Waals surface area contributed by atoms with Gasteiger partial charge in [-0.25, -0.2) is 0 Å². The molecule has 0 spiro atoms. The minimum atomic E-state index is -0.168. The van der Waals surface area contributed by atoms with Gasteiger partial charge in [-0.2, -0.15) is 5.26 Å². The van der Waals surface area contributed by atoms with Gasteiger partial charge in [0.2, 0.25) is 0 Å². The molecule has 0 bridgehead atoms. The van der Waals surface area contributed by atoms with Crippen LogP contribution in [-0.4, -0.2) is 13.0 Å². The number of nitriles is 1. The van der Waals surface area contributed by atoms with Gasteiger partial charge in [0.15, 0.2) is 0 Å². The minimum absolute atomic E-state index is 0.168. The van der Waals surface area contributed by atoms with Gasteiger partial charge in [-0.05, 0) is 42.8 Å².